The zero-order chi connectivity index (χ0) is 10.4. The van der Waals surface area contributed by atoms with Gasteiger partial charge in [0.05, 0.1) is 7.11 Å². The quantitative estimate of drug-likeness (QED) is 0.806. The zero-order valence-electron chi connectivity index (χ0n) is 8.65. The molecule has 0 saturated carbocycles. The Bertz CT molecular complexity index is 283. The molecule has 1 N–H and O–H groups in total. The van der Waals surface area contributed by atoms with E-state index in [0.29, 0.717) is 11.9 Å². The second kappa shape index (κ2) is 5.70. The maximum atomic E-state index is 5.00. The van der Waals surface area contributed by atoms with Gasteiger partial charge in [-0.15, -0.1) is 0 Å². The molecule has 0 aliphatic rings. The van der Waals surface area contributed by atoms with Crippen molar-refractivity contribution in [2.24, 2.45) is 0 Å². The second-order valence-corrected chi connectivity index (χ2v) is 3.86. The van der Waals surface area contributed by atoms with Crippen LogP contribution in [0, 0.1) is 0 Å². The van der Waals surface area contributed by atoms with Crippen molar-refractivity contribution in [2.75, 3.05) is 24.4 Å². The number of hydrogen-bond acceptors (Lipinski definition) is 5. The van der Waals surface area contributed by atoms with Crippen molar-refractivity contribution in [2.45, 2.75) is 13.0 Å². The molecule has 0 saturated heterocycles. The van der Waals surface area contributed by atoms with Crippen molar-refractivity contribution in [3.05, 3.63) is 12.4 Å². The Hall–Kier alpha value is -0.970. The van der Waals surface area contributed by atoms with Crippen LogP contribution in [0.15, 0.2) is 12.4 Å². The number of hydrogen-bond donors (Lipinski definition) is 1. The van der Waals surface area contributed by atoms with Gasteiger partial charge in [-0.25, -0.2) is 9.97 Å². The maximum Gasteiger partial charge on any atom is 0.218 e. The lowest BCUT2D eigenvalue weighted by atomic mass is 10.4. The van der Waals surface area contributed by atoms with Gasteiger partial charge in [0.1, 0.15) is 12.1 Å². The van der Waals surface area contributed by atoms with E-state index in [1.54, 1.807) is 24.9 Å². The van der Waals surface area contributed by atoms with Crippen molar-refractivity contribution in [1.29, 1.82) is 0 Å². The van der Waals surface area contributed by atoms with Crippen LogP contribution in [-0.2, 0) is 0 Å². The minimum atomic E-state index is 0.393. The van der Waals surface area contributed by atoms with Crippen LogP contribution in [0.3, 0.4) is 0 Å². The molecule has 0 aliphatic heterocycles. The van der Waals surface area contributed by atoms with E-state index >= 15 is 0 Å². The maximum absolute atomic E-state index is 5.00. The summed E-state index contributed by atoms with van der Waals surface area (Å²) < 4.78 is 5.00. The van der Waals surface area contributed by atoms with E-state index in [-0.39, 0.29) is 0 Å². The third-order valence-electron chi connectivity index (χ3n) is 1.66. The number of thioether (sulfide) groups is 1. The molecule has 0 bridgehead atoms. The lowest BCUT2D eigenvalue weighted by molar-refractivity contribution is 0.397. The van der Waals surface area contributed by atoms with E-state index in [1.807, 2.05) is 0 Å². The monoisotopic (exact) mass is 213 g/mol. The number of nitrogens with one attached hydrogen (secondary N) is 1. The van der Waals surface area contributed by atoms with Gasteiger partial charge < -0.3 is 10.1 Å². The zero-order valence-corrected chi connectivity index (χ0v) is 9.47. The summed E-state index contributed by atoms with van der Waals surface area (Å²) in [6.45, 7) is 2.12. The largest absolute Gasteiger partial charge is 0.481 e. The number of methoxy groups -OCH3 is 1. The first kappa shape index (κ1) is 11.1. The first-order valence-corrected chi connectivity index (χ1v) is 5.77. The van der Waals surface area contributed by atoms with E-state index < -0.39 is 0 Å². The molecule has 1 unspecified atom stereocenters. The molecule has 1 heterocycles. The highest BCUT2D eigenvalue weighted by molar-refractivity contribution is 7.98. The van der Waals surface area contributed by atoms with Gasteiger partial charge in [-0.1, -0.05) is 0 Å². The van der Waals surface area contributed by atoms with Crippen molar-refractivity contribution in [3.8, 4) is 5.88 Å². The van der Waals surface area contributed by atoms with Crippen LogP contribution in [-0.4, -0.2) is 35.1 Å². The van der Waals surface area contributed by atoms with E-state index in [1.165, 1.54) is 6.33 Å². The predicted molar refractivity (Wildman–Crippen MR) is 60.1 cm³/mol. The Kier molecular flexibility index (Phi) is 4.52. The van der Waals surface area contributed by atoms with Gasteiger partial charge in [-0.3, -0.25) is 0 Å². The fourth-order valence-electron chi connectivity index (χ4n) is 1.07. The Labute approximate surface area is 88.5 Å². The molecule has 14 heavy (non-hydrogen) atoms. The molecular weight excluding hydrogens is 198 g/mol. The summed E-state index contributed by atoms with van der Waals surface area (Å²) in [7, 11) is 1.59. The van der Waals surface area contributed by atoms with Gasteiger partial charge in [0.2, 0.25) is 5.88 Å². The summed E-state index contributed by atoms with van der Waals surface area (Å²) in [5, 5.41) is 3.27. The third-order valence-corrected chi connectivity index (χ3v) is 2.50. The Balaban J connectivity index is 2.57. The average molecular weight is 213 g/mol. The number of rotatable bonds is 5. The number of ether oxygens (including phenoxy) is 1. The fraction of sp³-hybridized carbons (Fsp3) is 0.556. The Morgan fingerprint density at radius 2 is 2.36 bits per heavy atom. The summed E-state index contributed by atoms with van der Waals surface area (Å²) in [6, 6.07) is 2.18. The van der Waals surface area contributed by atoms with Crippen LogP contribution in [0.2, 0.25) is 0 Å². The van der Waals surface area contributed by atoms with Gasteiger partial charge in [0.15, 0.2) is 0 Å². The van der Waals surface area contributed by atoms with Crippen molar-refractivity contribution >= 4 is 17.6 Å². The summed E-state index contributed by atoms with van der Waals surface area (Å²) in [4.78, 5) is 8.03. The smallest absolute Gasteiger partial charge is 0.218 e. The minimum Gasteiger partial charge on any atom is -0.481 e. The lowest BCUT2D eigenvalue weighted by Gasteiger charge is -2.12. The topological polar surface area (TPSA) is 47.0 Å². The van der Waals surface area contributed by atoms with Crippen molar-refractivity contribution < 1.29 is 4.74 Å². The Morgan fingerprint density at radius 3 is 3.00 bits per heavy atom. The summed E-state index contributed by atoms with van der Waals surface area (Å²) in [5.74, 6) is 2.43. The predicted octanol–water partition coefficient (Wildman–Crippen LogP) is 1.65. The standard InChI is InChI=1S/C9H15N3OS/c1-7(5-14-3)12-8-4-9(13-2)11-6-10-8/h4,6-7H,5H2,1-3H3,(H,10,11,12). The van der Waals surface area contributed by atoms with Gasteiger partial charge >= 0.3 is 0 Å². The number of aromatic nitrogens is 2. The molecule has 0 radical (unpaired) electrons. The molecule has 0 aromatic carbocycles. The highest BCUT2D eigenvalue weighted by Crippen LogP contribution is 2.11. The highest BCUT2D eigenvalue weighted by atomic mass is 32.2. The summed E-state index contributed by atoms with van der Waals surface area (Å²) in [6.07, 6.45) is 3.58. The van der Waals surface area contributed by atoms with Crippen LogP contribution >= 0.6 is 11.8 Å². The van der Waals surface area contributed by atoms with Crippen LogP contribution in [0.5, 0.6) is 5.88 Å². The summed E-state index contributed by atoms with van der Waals surface area (Å²) >= 11 is 1.80. The first-order valence-electron chi connectivity index (χ1n) is 4.37. The van der Waals surface area contributed by atoms with Crippen LogP contribution < -0.4 is 10.1 Å². The SMILES string of the molecule is COc1cc(NC(C)CSC)ncn1. The van der Waals surface area contributed by atoms with Crippen LogP contribution in [0.4, 0.5) is 5.82 Å². The first-order chi connectivity index (χ1) is 6.76. The molecule has 0 fully saturated rings. The molecule has 1 atom stereocenters. The van der Waals surface area contributed by atoms with Crippen molar-refractivity contribution in [3.63, 3.8) is 0 Å². The van der Waals surface area contributed by atoms with Gasteiger partial charge in [-0.2, -0.15) is 11.8 Å². The molecule has 78 valence electrons. The second-order valence-electron chi connectivity index (χ2n) is 2.95. The minimum absolute atomic E-state index is 0.393. The fourth-order valence-corrected chi connectivity index (χ4v) is 1.66. The van der Waals surface area contributed by atoms with Gasteiger partial charge in [0.25, 0.3) is 0 Å². The average Bonchev–Trinajstić information content (AvgIpc) is 2.18. The van der Waals surface area contributed by atoms with Crippen LogP contribution in [0.1, 0.15) is 6.92 Å². The van der Waals surface area contributed by atoms with Gasteiger partial charge in [0, 0.05) is 17.9 Å². The van der Waals surface area contributed by atoms with Gasteiger partial charge in [-0.05, 0) is 13.2 Å². The molecule has 1 aromatic heterocycles. The molecule has 1 rings (SSSR count). The normalized spacial score (nSPS) is 12.2. The Morgan fingerprint density at radius 1 is 1.57 bits per heavy atom. The lowest BCUT2D eigenvalue weighted by Crippen LogP contribution is -2.18. The number of anilines is 1. The molecule has 4 nitrogen and oxygen atoms in total. The van der Waals surface area contributed by atoms with Crippen LogP contribution in [0.25, 0.3) is 0 Å². The molecule has 1 aromatic rings. The molecule has 0 aliphatic carbocycles. The third kappa shape index (κ3) is 3.41. The molecule has 0 amide bonds. The number of nitrogens with zero attached hydrogens (tertiary/aromatic N) is 2. The molecule has 0 spiro atoms. The van der Waals surface area contributed by atoms with E-state index in [9.17, 15) is 0 Å². The molecule has 5 heteroatoms. The van der Waals surface area contributed by atoms with Crippen molar-refractivity contribution in [1.82, 2.24) is 9.97 Å². The van der Waals surface area contributed by atoms with E-state index in [2.05, 4.69) is 28.5 Å². The van der Waals surface area contributed by atoms with E-state index in [0.717, 1.165) is 11.6 Å². The highest BCUT2D eigenvalue weighted by Gasteiger charge is 2.02. The van der Waals surface area contributed by atoms with E-state index in [4.69, 9.17) is 4.74 Å². The summed E-state index contributed by atoms with van der Waals surface area (Å²) in [5.41, 5.74) is 0. The molecular formula is C9H15N3OS.